The lowest BCUT2D eigenvalue weighted by Crippen LogP contribution is -2.00. The van der Waals surface area contributed by atoms with Crippen molar-refractivity contribution in [2.24, 2.45) is 0 Å². The van der Waals surface area contributed by atoms with Gasteiger partial charge in [0, 0.05) is 12.7 Å². The largest absolute Gasteiger partial charge is 0.387 e. The van der Waals surface area contributed by atoms with Crippen molar-refractivity contribution in [2.75, 3.05) is 7.05 Å². The zero-order chi connectivity index (χ0) is 7.56. The van der Waals surface area contributed by atoms with Crippen molar-refractivity contribution in [3.8, 4) is 0 Å². The van der Waals surface area contributed by atoms with Crippen LogP contribution in [0, 0.1) is 0 Å². The summed E-state index contributed by atoms with van der Waals surface area (Å²) in [6.45, 7) is 3.84. The fraction of sp³-hybridized carbons (Fsp3) is 0.143. The van der Waals surface area contributed by atoms with E-state index >= 15 is 0 Å². The Morgan fingerprint density at radius 1 is 1.70 bits per heavy atom. The molecule has 10 heavy (non-hydrogen) atoms. The van der Waals surface area contributed by atoms with E-state index in [1.54, 1.807) is 11.3 Å². The minimum absolute atomic E-state index is 0.968. The fourth-order valence-corrected chi connectivity index (χ4v) is 1.96. The molecule has 1 nitrogen and oxygen atoms in total. The van der Waals surface area contributed by atoms with Crippen LogP contribution in [-0.4, -0.2) is 7.05 Å². The van der Waals surface area contributed by atoms with E-state index in [0.717, 1.165) is 9.48 Å². The summed E-state index contributed by atoms with van der Waals surface area (Å²) in [6, 6.07) is 4.05. The number of halogens is 1. The number of nitrogens with one attached hydrogen (secondary N) is 1. The van der Waals surface area contributed by atoms with Crippen LogP contribution in [-0.2, 0) is 0 Å². The molecule has 3 heteroatoms. The predicted octanol–water partition coefficient (Wildman–Crippen LogP) is 2.70. The number of hydrogen-bond acceptors (Lipinski definition) is 2. The molecule has 0 amide bonds. The molecule has 1 heterocycles. The molecule has 0 fully saturated rings. The van der Waals surface area contributed by atoms with Crippen LogP contribution in [0.15, 0.2) is 22.5 Å². The highest BCUT2D eigenvalue weighted by Gasteiger charge is 1.98. The standard InChI is InChI=1S/C7H8BrNS/c1-5(9-2)6-3-4-7(8)10-6/h3-4,9H,1H2,2H3. The fourth-order valence-electron chi connectivity index (χ4n) is 0.600. The molecule has 0 aromatic carbocycles. The van der Waals surface area contributed by atoms with Crippen LogP contribution >= 0.6 is 27.3 Å². The molecule has 1 aromatic rings. The Hall–Kier alpha value is -0.280. The van der Waals surface area contributed by atoms with Crippen LogP contribution in [0.5, 0.6) is 0 Å². The van der Waals surface area contributed by atoms with E-state index in [-0.39, 0.29) is 0 Å². The molecular formula is C7H8BrNS. The van der Waals surface area contributed by atoms with Crippen molar-refractivity contribution in [3.05, 3.63) is 27.4 Å². The van der Waals surface area contributed by atoms with Crippen LogP contribution in [0.25, 0.3) is 5.70 Å². The second-order valence-corrected chi connectivity index (χ2v) is 4.30. The SMILES string of the molecule is C=C(NC)c1ccc(Br)s1. The lowest BCUT2D eigenvalue weighted by Gasteiger charge is -1.97. The number of hydrogen-bond donors (Lipinski definition) is 1. The molecular weight excluding hydrogens is 210 g/mol. The van der Waals surface area contributed by atoms with E-state index in [0.29, 0.717) is 0 Å². The summed E-state index contributed by atoms with van der Waals surface area (Å²) in [4.78, 5) is 1.18. The van der Waals surface area contributed by atoms with Gasteiger partial charge in [0.1, 0.15) is 0 Å². The predicted molar refractivity (Wildman–Crippen MR) is 50.1 cm³/mol. The molecule has 1 aromatic heterocycles. The van der Waals surface area contributed by atoms with Gasteiger partial charge in [-0.3, -0.25) is 0 Å². The van der Waals surface area contributed by atoms with E-state index in [9.17, 15) is 0 Å². The number of rotatable bonds is 2. The first-order valence-electron chi connectivity index (χ1n) is 2.86. The highest BCUT2D eigenvalue weighted by Crippen LogP contribution is 2.25. The van der Waals surface area contributed by atoms with Crippen molar-refractivity contribution in [1.29, 1.82) is 0 Å². The molecule has 0 atom stereocenters. The Morgan fingerprint density at radius 3 is 2.80 bits per heavy atom. The molecule has 1 N–H and O–H groups in total. The zero-order valence-electron chi connectivity index (χ0n) is 5.65. The Bertz CT molecular complexity index is 242. The van der Waals surface area contributed by atoms with E-state index < -0.39 is 0 Å². The van der Waals surface area contributed by atoms with Crippen molar-refractivity contribution in [3.63, 3.8) is 0 Å². The molecule has 1 rings (SSSR count). The molecule has 0 aliphatic carbocycles. The average molecular weight is 218 g/mol. The summed E-state index contributed by atoms with van der Waals surface area (Å²) in [5.41, 5.74) is 0.968. The van der Waals surface area contributed by atoms with Gasteiger partial charge in [0.05, 0.1) is 8.66 Å². The Morgan fingerprint density at radius 2 is 2.40 bits per heavy atom. The summed E-state index contributed by atoms with van der Waals surface area (Å²) in [7, 11) is 1.87. The van der Waals surface area contributed by atoms with E-state index in [1.165, 1.54) is 4.88 Å². The summed E-state index contributed by atoms with van der Waals surface area (Å²) < 4.78 is 1.14. The number of thiophene rings is 1. The quantitative estimate of drug-likeness (QED) is 0.804. The normalized spacial score (nSPS) is 9.40. The van der Waals surface area contributed by atoms with Crippen LogP contribution in [0.1, 0.15) is 4.88 Å². The third-order valence-electron chi connectivity index (χ3n) is 1.17. The first-order chi connectivity index (χ1) is 4.74. The zero-order valence-corrected chi connectivity index (χ0v) is 8.05. The highest BCUT2D eigenvalue weighted by atomic mass is 79.9. The molecule has 0 saturated heterocycles. The van der Waals surface area contributed by atoms with Crippen molar-refractivity contribution < 1.29 is 0 Å². The van der Waals surface area contributed by atoms with Gasteiger partial charge in [-0.05, 0) is 28.1 Å². The van der Waals surface area contributed by atoms with Gasteiger partial charge in [-0.1, -0.05) is 6.58 Å². The summed E-state index contributed by atoms with van der Waals surface area (Å²) in [6.07, 6.45) is 0. The van der Waals surface area contributed by atoms with Gasteiger partial charge in [0.2, 0.25) is 0 Å². The van der Waals surface area contributed by atoms with Crippen molar-refractivity contribution >= 4 is 33.0 Å². The third kappa shape index (κ3) is 1.61. The lowest BCUT2D eigenvalue weighted by atomic mass is 10.4. The summed E-state index contributed by atoms with van der Waals surface area (Å²) >= 11 is 5.05. The van der Waals surface area contributed by atoms with Gasteiger partial charge in [0.15, 0.2) is 0 Å². The molecule has 0 radical (unpaired) electrons. The maximum Gasteiger partial charge on any atom is 0.0705 e. The van der Waals surface area contributed by atoms with Gasteiger partial charge in [-0.25, -0.2) is 0 Å². The Balaban J connectivity index is 2.85. The second kappa shape index (κ2) is 3.21. The average Bonchev–Trinajstić information content (AvgIpc) is 2.34. The second-order valence-electron chi connectivity index (χ2n) is 1.83. The lowest BCUT2D eigenvalue weighted by molar-refractivity contribution is 1.14. The molecule has 54 valence electrons. The molecule has 0 aliphatic rings. The van der Waals surface area contributed by atoms with E-state index in [1.807, 2.05) is 19.2 Å². The van der Waals surface area contributed by atoms with Gasteiger partial charge in [-0.2, -0.15) is 0 Å². The first kappa shape index (κ1) is 7.82. The van der Waals surface area contributed by atoms with E-state index in [2.05, 4.69) is 27.8 Å². The van der Waals surface area contributed by atoms with Gasteiger partial charge in [0.25, 0.3) is 0 Å². The smallest absolute Gasteiger partial charge is 0.0705 e. The minimum atomic E-state index is 0.968. The monoisotopic (exact) mass is 217 g/mol. The van der Waals surface area contributed by atoms with Gasteiger partial charge >= 0.3 is 0 Å². The van der Waals surface area contributed by atoms with Crippen LogP contribution in [0.4, 0.5) is 0 Å². The van der Waals surface area contributed by atoms with Crippen LogP contribution in [0.3, 0.4) is 0 Å². The maximum atomic E-state index is 3.84. The summed E-state index contributed by atoms with van der Waals surface area (Å²) in [5.74, 6) is 0. The highest BCUT2D eigenvalue weighted by molar-refractivity contribution is 9.11. The molecule has 0 unspecified atom stereocenters. The topological polar surface area (TPSA) is 12.0 Å². The van der Waals surface area contributed by atoms with Crippen molar-refractivity contribution in [1.82, 2.24) is 5.32 Å². The minimum Gasteiger partial charge on any atom is -0.387 e. The molecule has 0 spiro atoms. The molecule has 0 bridgehead atoms. The molecule has 0 aliphatic heterocycles. The first-order valence-corrected chi connectivity index (χ1v) is 4.47. The third-order valence-corrected chi connectivity index (χ3v) is 2.86. The Labute approximate surface area is 72.9 Å². The van der Waals surface area contributed by atoms with Gasteiger partial charge in [-0.15, -0.1) is 11.3 Å². The summed E-state index contributed by atoms with van der Waals surface area (Å²) in [5, 5.41) is 2.99. The molecule has 0 saturated carbocycles. The maximum absolute atomic E-state index is 3.84. The Kier molecular flexibility index (Phi) is 2.51. The van der Waals surface area contributed by atoms with Crippen molar-refractivity contribution in [2.45, 2.75) is 0 Å². The van der Waals surface area contributed by atoms with Crippen LogP contribution in [0.2, 0.25) is 0 Å². The van der Waals surface area contributed by atoms with E-state index in [4.69, 9.17) is 0 Å². The van der Waals surface area contributed by atoms with Crippen LogP contribution < -0.4 is 5.32 Å². The van der Waals surface area contributed by atoms with Gasteiger partial charge < -0.3 is 5.32 Å².